The number of carbonyl (C=O) groups is 1. The highest BCUT2D eigenvalue weighted by atomic mass is 19.1. The number of likely N-dealkylation sites (N-methyl/N-ethyl adjacent to an activating group) is 2. The minimum absolute atomic E-state index is 0.285. The predicted octanol–water partition coefficient (Wildman–Crippen LogP) is 2.58. The summed E-state index contributed by atoms with van der Waals surface area (Å²) in [6.07, 6.45) is 0. The largest absolute Gasteiger partial charge is 0.465 e. The van der Waals surface area contributed by atoms with Crippen molar-refractivity contribution in [3.8, 4) is 0 Å². The Hall–Kier alpha value is -1.62. The third-order valence-corrected chi connectivity index (χ3v) is 3.36. The third kappa shape index (κ3) is 4.70. The van der Waals surface area contributed by atoms with Crippen LogP contribution in [0.2, 0.25) is 0 Å². The number of benzene rings is 1. The van der Waals surface area contributed by atoms with Gasteiger partial charge >= 0.3 is 5.97 Å². The maximum atomic E-state index is 13.4. The fourth-order valence-electron chi connectivity index (χ4n) is 2.31. The third-order valence-electron chi connectivity index (χ3n) is 3.36. The topological polar surface area (TPSA) is 41.6 Å². The lowest BCUT2D eigenvalue weighted by molar-refractivity contribution is -0.150. The Bertz CT molecular complexity index is 467. The summed E-state index contributed by atoms with van der Waals surface area (Å²) in [6.45, 7) is 9.59. The highest BCUT2D eigenvalue weighted by Gasteiger charge is 2.35. The molecule has 1 rings (SSSR count). The van der Waals surface area contributed by atoms with Crippen LogP contribution in [0.1, 0.15) is 27.7 Å². The smallest absolute Gasteiger partial charge is 0.327 e. The number of hydrogen-bond acceptors (Lipinski definition) is 4. The zero-order chi connectivity index (χ0) is 15.9. The van der Waals surface area contributed by atoms with E-state index in [1.165, 1.54) is 12.1 Å². The van der Waals surface area contributed by atoms with Gasteiger partial charge in [0.25, 0.3) is 0 Å². The molecule has 0 radical (unpaired) electrons. The molecule has 4 nitrogen and oxygen atoms in total. The lowest BCUT2D eigenvalue weighted by atomic mass is 10.0. The van der Waals surface area contributed by atoms with Gasteiger partial charge in [0.2, 0.25) is 0 Å². The Morgan fingerprint density at radius 2 is 2.10 bits per heavy atom. The van der Waals surface area contributed by atoms with Gasteiger partial charge in [0.1, 0.15) is 11.4 Å². The van der Waals surface area contributed by atoms with Gasteiger partial charge in [-0.15, -0.1) is 0 Å². The van der Waals surface area contributed by atoms with Gasteiger partial charge in [-0.2, -0.15) is 0 Å². The van der Waals surface area contributed by atoms with Crippen molar-refractivity contribution < 1.29 is 13.9 Å². The molecular formula is C16H25FN2O2. The number of nitrogens with one attached hydrogen (secondary N) is 1. The standard InChI is InChI=1S/C16H25FN2O2/c1-5-18-16(4,15(20)21-7-3)12-19(6-2)14-10-8-9-13(17)11-14/h8-11,18H,5-7,12H2,1-4H3. The van der Waals surface area contributed by atoms with Crippen LogP contribution in [0.25, 0.3) is 0 Å². The van der Waals surface area contributed by atoms with Crippen LogP contribution < -0.4 is 10.2 Å². The first kappa shape index (κ1) is 17.4. The van der Waals surface area contributed by atoms with Crippen LogP contribution in [0.5, 0.6) is 0 Å². The van der Waals surface area contributed by atoms with Crippen molar-refractivity contribution in [1.29, 1.82) is 0 Å². The van der Waals surface area contributed by atoms with Crippen molar-refractivity contribution >= 4 is 11.7 Å². The molecule has 0 bridgehead atoms. The van der Waals surface area contributed by atoms with Crippen molar-refractivity contribution in [1.82, 2.24) is 5.32 Å². The van der Waals surface area contributed by atoms with Crippen LogP contribution in [0, 0.1) is 5.82 Å². The van der Waals surface area contributed by atoms with E-state index in [1.807, 2.05) is 31.7 Å². The Balaban J connectivity index is 2.96. The van der Waals surface area contributed by atoms with E-state index in [-0.39, 0.29) is 11.8 Å². The first-order chi connectivity index (χ1) is 9.96. The van der Waals surface area contributed by atoms with Crippen LogP contribution in [0.3, 0.4) is 0 Å². The van der Waals surface area contributed by atoms with Crippen LogP contribution in [0.15, 0.2) is 24.3 Å². The molecule has 0 aliphatic carbocycles. The van der Waals surface area contributed by atoms with E-state index in [0.717, 1.165) is 5.69 Å². The summed E-state index contributed by atoms with van der Waals surface area (Å²) in [6, 6.07) is 6.39. The van der Waals surface area contributed by atoms with Crippen molar-refractivity contribution in [3.63, 3.8) is 0 Å². The molecule has 0 heterocycles. The summed E-state index contributed by atoms with van der Waals surface area (Å²) in [5, 5.41) is 3.18. The van der Waals surface area contributed by atoms with E-state index in [1.54, 1.807) is 13.0 Å². The second-order valence-electron chi connectivity index (χ2n) is 5.08. The molecule has 0 spiro atoms. The number of hydrogen-bond donors (Lipinski definition) is 1. The van der Waals surface area contributed by atoms with Gasteiger partial charge in [0.05, 0.1) is 6.61 Å². The molecule has 21 heavy (non-hydrogen) atoms. The summed E-state index contributed by atoms with van der Waals surface area (Å²) in [5.74, 6) is -0.575. The minimum atomic E-state index is -0.826. The molecule has 0 fully saturated rings. The molecular weight excluding hydrogens is 271 g/mol. The van der Waals surface area contributed by atoms with Gasteiger partial charge < -0.3 is 15.0 Å². The van der Waals surface area contributed by atoms with Crippen LogP contribution in [-0.2, 0) is 9.53 Å². The second-order valence-corrected chi connectivity index (χ2v) is 5.08. The molecule has 1 aromatic carbocycles. The maximum absolute atomic E-state index is 13.4. The van der Waals surface area contributed by atoms with Gasteiger partial charge in [-0.1, -0.05) is 13.0 Å². The molecule has 1 unspecified atom stereocenters. The Labute approximate surface area is 126 Å². The highest BCUT2D eigenvalue weighted by Crippen LogP contribution is 2.19. The van der Waals surface area contributed by atoms with Crippen molar-refractivity contribution in [2.24, 2.45) is 0 Å². The Morgan fingerprint density at radius 1 is 1.38 bits per heavy atom. The minimum Gasteiger partial charge on any atom is -0.465 e. The molecule has 1 aromatic rings. The SMILES string of the molecule is CCNC(C)(CN(CC)c1cccc(F)c1)C(=O)OCC. The summed E-state index contributed by atoms with van der Waals surface area (Å²) in [4.78, 5) is 14.2. The van der Waals surface area contributed by atoms with Crippen molar-refractivity contribution in [3.05, 3.63) is 30.1 Å². The van der Waals surface area contributed by atoms with Gasteiger partial charge in [0, 0.05) is 18.8 Å². The van der Waals surface area contributed by atoms with Crippen LogP contribution in [-0.4, -0.2) is 37.7 Å². The lowest BCUT2D eigenvalue weighted by Gasteiger charge is -2.35. The molecule has 1 atom stereocenters. The number of esters is 1. The summed E-state index contributed by atoms with van der Waals surface area (Å²) in [7, 11) is 0. The van der Waals surface area contributed by atoms with E-state index >= 15 is 0 Å². The molecule has 118 valence electrons. The second kappa shape index (κ2) is 7.98. The van der Waals surface area contributed by atoms with Crippen LogP contribution >= 0.6 is 0 Å². The number of rotatable bonds is 8. The molecule has 0 saturated carbocycles. The number of halogens is 1. The van der Waals surface area contributed by atoms with E-state index < -0.39 is 5.54 Å². The van der Waals surface area contributed by atoms with E-state index in [0.29, 0.717) is 26.2 Å². The van der Waals surface area contributed by atoms with E-state index in [2.05, 4.69) is 5.32 Å². The molecule has 0 saturated heterocycles. The van der Waals surface area contributed by atoms with Gasteiger partial charge in [0.15, 0.2) is 0 Å². The average molecular weight is 296 g/mol. The summed E-state index contributed by atoms with van der Waals surface area (Å²) < 4.78 is 18.6. The van der Waals surface area contributed by atoms with E-state index in [9.17, 15) is 9.18 Å². The van der Waals surface area contributed by atoms with E-state index in [4.69, 9.17) is 4.74 Å². The Morgan fingerprint density at radius 3 is 2.62 bits per heavy atom. The number of anilines is 1. The monoisotopic (exact) mass is 296 g/mol. The van der Waals surface area contributed by atoms with Gasteiger partial charge in [-0.3, -0.25) is 0 Å². The predicted molar refractivity (Wildman–Crippen MR) is 83.0 cm³/mol. The highest BCUT2D eigenvalue weighted by molar-refractivity contribution is 5.81. The lowest BCUT2D eigenvalue weighted by Crippen LogP contribution is -2.57. The molecule has 0 aliphatic heterocycles. The molecule has 0 aromatic heterocycles. The van der Waals surface area contributed by atoms with Crippen molar-refractivity contribution in [2.75, 3.05) is 31.1 Å². The summed E-state index contributed by atoms with van der Waals surface area (Å²) in [5.41, 5.74) is -0.0708. The maximum Gasteiger partial charge on any atom is 0.327 e. The number of ether oxygens (including phenoxy) is 1. The molecule has 0 aliphatic rings. The molecule has 5 heteroatoms. The average Bonchev–Trinajstić information content (AvgIpc) is 2.45. The fraction of sp³-hybridized carbons (Fsp3) is 0.562. The van der Waals surface area contributed by atoms with Gasteiger partial charge in [-0.25, -0.2) is 9.18 Å². The van der Waals surface area contributed by atoms with Crippen LogP contribution in [0.4, 0.5) is 10.1 Å². The first-order valence-electron chi connectivity index (χ1n) is 7.39. The molecule has 1 N–H and O–H groups in total. The number of carbonyl (C=O) groups excluding carboxylic acids is 1. The molecule has 0 amide bonds. The zero-order valence-electron chi connectivity index (χ0n) is 13.3. The van der Waals surface area contributed by atoms with Crippen molar-refractivity contribution in [2.45, 2.75) is 33.2 Å². The summed E-state index contributed by atoms with van der Waals surface area (Å²) >= 11 is 0. The fourth-order valence-corrected chi connectivity index (χ4v) is 2.31. The Kier molecular flexibility index (Phi) is 6.62. The zero-order valence-corrected chi connectivity index (χ0v) is 13.3. The first-order valence-corrected chi connectivity index (χ1v) is 7.39. The normalized spacial score (nSPS) is 13.6. The van der Waals surface area contributed by atoms with Gasteiger partial charge in [-0.05, 0) is 45.5 Å². The number of nitrogens with zero attached hydrogens (tertiary/aromatic N) is 1. The quantitative estimate of drug-likeness (QED) is 0.749.